The molecule has 0 aliphatic heterocycles. The summed E-state index contributed by atoms with van der Waals surface area (Å²) in [4.78, 5) is 23.5. The molecule has 1 aromatic heterocycles. The number of carboxylic acids is 1. The molecule has 2 N–H and O–H groups in total. The zero-order chi connectivity index (χ0) is 13.7. The lowest BCUT2D eigenvalue weighted by atomic mass is 10.0. The minimum Gasteiger partial charge on any atom is -0.477 e. The minimum absolute atomic E-state index is 0.0386. The van der Waals surface area contributed by atoms with Gasteiger partial charge in [-0.25, -0.2) is 4.79 Å². The molecule has 1 aromatic rings. The quantitative estimate of drug-likeness (QED) is 0.779. The minimum atomic E-state index is -0.937. The van der Waals surface area contributed by atoms with E-state index >= 15 is 0 Å². The van der Waals surface area contributed by atoms with E-state index in [-0.39, 0.29) is 16.7 Å². The molecule has 98 valence electrons. The lowest BCUT2D eigenvalue weighted by Crippen LogP contribution is -2.28. The Kier molecular flexibility index (Phi) is 5.09. The van der Waals surface area contributed by atoms with Gasteiger partial charge in [0, 0.05) is 10.8 Å². The highest BCUT2D eigenvalue weighted by atomic mass is 32.1. The largest absolute Gasteiger partial charge is 0.477 e. The normalized spacial score (nSPS) is 11.9. The highest BCUT2D eigenvalue weighted by Crippen LogP contribution is 2.16. The van der Waals surface area contributed by atoms with Crippen molar-refractivity contribution >= 4 is 23.2 Å². The van der Waals surface area contributed by atoms with Gasteiger partial charge in [-0.2, -0.15) is 0 Å². The van der Waals surface area contributed by atoms with Crippen molar-refractivity contribution < 1.29 is 14.7 Å². The van der Waals surface area contributed by atoms with Gasteiger partial charge in [-0.3, -0.25) is 4.79 Å². The van der Waals surface area contributed by atoms with Gasteiger partial charge in [0.2, 0.25) is 5.91 Å². The highest BCUT2D eigenvalue weighted by Gasteiger charge is 2.13. The zero-order valence-corrected chi connectivity index (χ0v) is 11.3. The van der Waals surface area contributed by atoms with Crippen LogP contribution in [-0.4, -0.2) is 17.0 Å². The average molecular weight is 267 g/mol. The molecular weight excluding hydrogens is 250 g/mol. The van der Waals surface area contributed by atoms with E-state index in [9.17, 15) is 9.59 Å². The van der Waals surface area contributed by atoms with Gasteiger partial charge < -0.3 is 10.4 Å². The van der Waals surface area contributed by atoms with Gasteiger partial charge in [0.15, 0.2) is 0 Å². The molecule has 0 aliphatic rings. The molecule has 5 heteroatoms. The van der Waals surface area contributed by atoms with Gasteiger partial charge in [0.1, 0.15) is 4.88 Å². The summed E-state index contributed by atoms with van der Waals surface area (Å²) in [7, 11) is 0. The van der Waals surface area contributed by atoms with Gasteiger partial charge in [-0.15, -0.1) is 17.9 Å². The molecule has 0 spiro atoms. The van der Waals surface area contributed by atoms with E-state index in [4.69, 9.17) is 5.11 Å². The summed E-state index contributed by atoms with van der Waals surface area (Å²) < 4.78 is 0. The van der Waals surface area contributed by atoms with Crippen LogP contribution in [0, 0.1) is 5.92 Å². The van der Waals surface area contributed by atoms with Crippen molar-refractivity contribution in [3.63, 3.8) is 0 Å². The molecular formula is C13H17NO3S. The van der Waals surface area contributed by atoms with Gasteiger partial charge >= 0.3 is 5.97 Å². The van der Waals surface area contributed by atoms with E-state index in [1.54, 1.807) is 12.1 Å². The smallest absolute Gasteiger partial charge is 0.345 e. The Morgan fingerprint density at radius 1 is 1.50 bits per heavy atom. The maximum Gasteiger partial charge on any atom is 0.345 e. The second kappa shape index (κ2) is 6.35. The first-order chi connectivity index (χ1) is 8.40. The molecule has 0 saturated carbocycles. The molecule has 1 atom stereocenters. The number of carbonyl (C=O) groups excluding carboxylic acids is 1. The number of allylic oxidation sites excluding steroid dienone is 1. The lowest BCUT2D eigenvalue weighted by molar-refractivity contribution is -0.124. The number of thiophene rings is 1. The Morgan fingerprint density at radius 2 is 2.17 bits per heavy atom. The summed E-state index contributed by atoms with van der Waals surface area (Å²) in [6.07, 6.45) is 0.663. The van der Waals surface area contributed by atoms with E-state index in [2.05, 4.69) is 11.9 Å². The number of aromatic carboxylic acids is 1. The highest BCUT2D eigenvalue weighted by molar-refractivity contribution is 7.13. The Labute approximate surface area is 110 Å². The fourth-order valence-electron chi connectivity index (χ4n) is 1.55. The monoisotopic (exact) mass is 267 g/mol. The van der Waals surface area contributed by atoms with Crippen LogP contribution >= 0.6 is 11.3 Å². The summed E-state index contributed by atoms with van der Waals surface area (Å²) in [5.74, 6) is -1.09. The summed E-state index contributed by atoms with van der Waals surface area (Å²) >= 11 is 1.18. The predicted octanol–water partition coefficient (Wildman–Crippen LogP) is 2.66. The first kappa shape index (κ1) is 14.4. The first-order valence-corrected chi connectivity index (χ1v) is 6.46. The molecule has 0 bridgehead atoms. The molecule has 1 rings (SSSR count). The number of carboxylic acid groups (broad SMARTS) is 1. The molecule has 18 heavy (non-hydrogen) atoms. The number of amides is 1. The zero-order valence-electron chi connectivity index (χ0n) is 10.5. The predicted molar refractivity (Wildman–Crippen MR) is 71.7 cm³/mol. The SMILES string of the molecule is C=C(C)CC(C)C(=O)NCc1ccc(C(=O)O)s1. The van der Waals surface area contributed by atoms with Crippen LogP contribution in [0.4, 0.5) is 0 Å². The standard InChI is InChI=1S/C13H17NO3S/c1-8(2)6-9(3)12(15)14-7-10-4-5-11(18-10)13(16)17/h4-5,9H,1,6-7H2,2-3H3,(H,14,15)(H,16,17). The van der Waals surface area contributed by atoms with Crippen molar-refractivity contribution in [2.45, 2.75) is 26.8 Å². The van der Waals surface area contributed by atoms with Crippen LogP contribution in [0.3, 0.4) is 0 Å². The van der Waals surface area contributed by atoms with Crippen LogP contribution in [0.2, 0.25) is 0 Å². The van der Waals surface area contributed by atoms with Crippen LogP contribution in [0.5, 0.6) is 0 Å². The van der Waals surface area contributed by atoms with Crippen molar-refractivity contribution in [3.05, 3.63) is 34.0 Å². The van der Waals surface area contributed by atoms with Gasteiger partial charge in [0.25, 0.3) is 0 Å². The van der Waals surface area contributed by atoms with Crippen molar-refractivity contribution in [2.24, 2.45) is 5.92 Å². The molecule has 1 amide bonds. The van der Waals surface area contributed by atoms with E-state index in [1.807, 2.05) is 13.8 Å². The van der Waals surface area contributed by atoms with Crippen LogP contribution < -0.4 is 5.32 Å². The second-order valence-corrected chi connectivity index (χ2v) is 5.52. The fourth-order valence-corrected chi connectivity index (χ4v) is 2.34. The third-order valence-electron chi connectivity index (χ3n) is 2.41. The third-order valence-corrected chi connectivity index (χ3v) is 3.48. The number of rotatable bonds is 6. The molecule has 1 heterocycles. The van der Waals surface area contributed by atoms with Crippen molar-refractivity contribution in [2.75, 3.05) is 0 Å². The number of nitrogens with one attached hydrogen (secondary N) is 1. The first-order valence-electron chi connectivity index (χ1n) is 5.64. The molecule has 0 radical (unpaired) electrons. The summed E-state index contributed by atoms with van der Waals surface area (Å²) in [6, 6.07) is 3.27. The Balaban J connectivity index is 2.46. The molecule has 0 fully saturated rings. The van der Waals surface area contributed by atoms with Gasteiger partial charge in [-0.1, -0.05) is 12.5 Å². The van der Waals surface area contributed by atoms with Crippen LogP contribution in [0.15, 0.2) is 24.3 Å². The third kappa shape index (κ3) is 4.33. The fraction of sp³-hybridized carbons (Fsp3) is 0.385. The maximum absolute atomic E-state index is 11.7. The van der Waals surface area contributed by atoms with Gasteiger partial charge in [-0.05, 0) is 25.5 Å². The number of hydrogen-bond donors (Lipinski definition) is 2. The number of carbonyl (C=O) groups is 2. The van der Waals surface area contributed by atoms with Crippen LogP contribution in [0.25, 0.3) is 0 Å². The Morgan fingerprint density at radius 3 is 2.67 bits per heavy atom. The van der Waals surface area contributed by atoms with Crippen LogP contribution in [-0.2, 0) is 11.3 Å². The number of hydrogen-bond acceptors (Lipinski definition) is 3. The molecule has 0 aliphatic carbocycles. The van der Waals surface area contributed by atoms with E-state index in [1.165, 1.54) is 11.3 Å². The van der Waals surface area contributed by atoms with E-state index in [0.717, 1.165) is 10.5 Å². The molecule has 4 nitrogen and oxygen atoms in total. The lowest BCUT2D eigenvalue weighted by Gasteiger charge is -2.11. The van der Waals surface area contributed by atoms with E-state index < -0.39 is 5.97 Å². The van der Waals surface area contributed by atoms with Crippen molar-refractivity contribution in [3.8, 4) is 0 Å². The second-order valence-electron chi connectivity index (χ2n) is 4.35. The summed E-state index contributed by atoms with van der Waals surface area (Å²) in [5.41, 5.74) is 0.974. The molecule has 0 aromatic carbocycles. The van der Waals surface area contributed by atoms with Crippen molar-refractivity contribution in [1.82, 2.24) is 5.32 Å². The summed E-state index contributed by atoms with van der Waals surface area (Å²) in [5, 5.41) is 11.6. The Hall–Kier alpha value is -1.62. The summed E-state index contributed by atoms with van der Waals surface area (Å²) in [6.45, 7) is 7.89. The van der Waals surface area contributed by atoms with Crippen molar-refractivity contribution in [1.29, 1.82) is 0 Å². The molecule has 0 saturated heterocycles. The molecule has 1 unspecified atom stereocenters. The maximum atomic E-state index is 11.7. The Bertz CT molecular complexity index is 465. The van der Waals surface area contributed by atoms with Gasteiger partial charge in [0.05, 0.1) is 6.54 Å². The van der Waals surface area contributed by atoms with Crippen LogP contribution in [0.1, 0.15) is 34.8 Å². The average Bonchev–Trinajstić information content (AvgIpc) is 2.73. The van der Waals surface area contributed by atoms with E-state index in [0.29, 0.717) is 13.0 Å². The topological polar surface area (TPSA) is 66.4 Å².